The van der Waals surface area contributed by atoms with Gasteiger partial charge in [-0.3, -0.25) is 0 Å². The number of hydrogen-bond donors (Lipinski definition) is 3. The second kappa shape index (κ2) is 5.16. The van der Waals surface area contributed by atoms with E-state index in [4.69, 9.17) is 16.2 Å². The van der Waals surface area contributed by atoms with Crippen LogP contribution >= 0.6 is 0 Å². The molecule has 1 aliphatic carbocycles. The van der Waals surface area contributed by atoms with Crippen LogP contribution in [0.2, 0.25) is 0 Å². The highest BCUT2D eigenvalue weighted by Gasteiger charge is 2.31. The van der Waals surface area contributed by atoms with Gasteiger partial charge in [-0.15, -0.1) is 0 Å². The smallest absolute Gasteiger partial charge is 0.122 e. The number of hydrogen-bond acceptors (Lipinski definition) is 4. The summed E-state index contributed by atoms with van der Waals surface area (Å²) in [5.41, 5.74) is 12.9. The lowest BCUT2D eigenvalue weighted by atomic mass is 9.76. The lowest BCUT2D eigenvalue weighted by molar-refractivity contribution is 0.269. The maximum Gasteiger partial charge on any atom is 0.122 e. The highest BCUT2D eigenvalue weighted by atomic mass is 16.5. The topological polar surface area (TPSA) is 81.5 Å². The van der Waals surface area contributed by atoms with Crippen molar-refractivity contribution >= 4 is 0 Å². The number of benzene rings is 1. The first kappa shape index (κ1) is 13.2. The molecule has 0 saturated heterocycles. The van der Waals surface area contributed by atoms with Gasteiger partial charge >= 0.3 is 0 Å². The zero-order chi connectivity index (χ0) is 13.2. The van der Waals surface area contributed by atoms with E-state index in [1.165, 1.54) is 0 Å². The average molecular weight is 250 g/mol. The summed E-state index contributed by atoms with van der Waals surface area (Å²) < 4.78 is 5.07. The maximum atomic E-state index is 9.96. The van der Waals surface area contributed by atoms with Crippen molar-refractivity contribution in [3.05, 3.63) is 23.8 Å². The van der Waals surface area contributed by atoms with Crippen LogP contribution in [-0.4, -0.2) is 23.8 Å². The minimum atomic E-state index is -0.234. The molecule has 4 heteroatoms. The van der Waals surface area contributed by atoms with E-state index in [1.54, 1.807) is 13.2 Å². The van der Waals surface area contributed by atoms with E-state index < -0.39 is 0 Å². The normalized spacial score (nSPS) is 28.1. The minimum Gasteiger partial charge on any atom is -0.508 e. The molecule has 1 aliphatic rings. The molecule has 0 atom stereocenters. The van der Waals surface area contributed by atoms with Crippen LogP contribution in [0.25, 0.3) is 0 Å². The summed E-state index contributed by atoms with van der Waals surface area (Å²) >= 11 is 0. The van der Waals surface area contributed by atoms with Crippen molar-refractivity contribution in [2.75, 3.05) is 7.11 Å². The first-order valence-electron chi connectivity index (χ1n) is 6.43. The lowest BCUT2D eigenvalue weighted by Gasteiger charge is -2.36. The lowest BCUT2D eigenvalue weighted by Crippen LogP contribution is -2.47. The van der Waals surface area contributed by atoms with Crippen molar-refractivity contribution in [1.29, 1.82) is 0 Å². The summed E-state index contributed by atoms with van der Waals surface area (Å²) in [6.45, 7) is 0. The van der Waals surface area contributed by atoms with Crippen molar-refractivity contribution in [2.45, 2.75) is 43.7 Å². The van der Waals surface area contributed by atoms with Gasteiger partial charge in [0, 0.05) is 17.6 Å². The number of methoxy groups -OCH3 is 1. The fourth-order valence-corrected chi connectivity index (χ4v) is 2.59. The number of rotatable bonds is 3. The molecule has 0 aliphatic heterocycles. The fraction of sp³-hybridized carbons (Fsp3) is 0.571. The fourth-order valence-electron chi connectivity index (χ4n) is 2.59. The first-order valence-corrected chi connectivity index (χ1v) is 6.43. The Hall–Kier alpha value is -1.26. The number of aromatic hydroxyl groups is 1. The van der Waals surface area contributed by atoms with Crippen molar-refractivity contribution in [3.8, 4) is 11.5 Å². The minimum absolute atomic E-state index is 0.234. The van der Waals surface area contributed by atoms with E-state index in [2.05, 4.69) is 0 Å². The zero-order valence-electron chi connectivity index (χ0n) is 10.9. The molecule has 1 aromatic carbocycles. The van der Waals surface area contributed by atoms with Crippen LogP contribution in [0.5, 0.6) is 11.5 Å². The van der Waals surface area contributed by atoms with E-state index in [0.29, 0.717) is 12.2 Å². The molecule has 0 amide bonds. The van der Waals surface area contributed by atoms with E-state index in [-0.39, 0.29) is 17.3 Å². The Morgan fingerprint density at radius 1 is 1.39 bits per heavy atom. The van der Waals surface area contributed by atoms with Crippen molar-refractivity contribution in [3.63, 3.8) is 0 Å². The molecule has 4 nitrogen and oxygen atoms in total. The number of nitrogens with two attached hydrogens (primary N) is 2. The van der Waals surface area contributed by atoms with Crippen LogP contribution in [0.15, 0.2) is 18.2 Å². The van der Waals surface area contributed by atoms with Crippen LogP contribution < -0.4 is 16.2 Å². The van der Waals surface area contributed by atoms with Gasteiger partial charge in [-0.05, 0) is 43.7 Å². The second-order valence-corrected chi connectivity index (χ2v) is 5.37. The Morgan fingerprint density at radius 3 is 2.61 bits per heavy atom. The maximum absolute atomic E-state index is 9.96. The third-order valence-corrected chi connectivity index (χ3v) is 3.86. The summed E-state index contributed by atoms with van der Waals surface area (Å²) in [7, 11) is 1.58. The number of ether oxygens (including phenoxy) is 1. The molecule has 0 spiro atoms. The van der Waals surface area contributed by atoms with E-state index in [9.17, 15) is 5.11 Å². The van der Waals surface area contributed by atoms with Gasteiger partial charge in [0.05, 0.1) is 7.11 Å². The highest BCUT2D eigenvalue weighted by molar-refractivity contribution is 5.40. The van der Waals surface area contributed by atoms with Gasteiger partial charge in [0.25, 0.3) is 0 Å². The molecule has 18 heavy (non-hydrogen) atoms. The molecular weight excluding hydrogens is 228 g/mol. The summed E-state index contributed by atoms with van der Waals surface area (Å²) in [6.07, 6.45) is 4.45. The van der Waals surface area contributed by atoms with Gasteiger partial charge in [-0.1, -0.05) is 6.07 Å². The average Bonchev–Trinajstić information content (AvgIpc) is 2.36. The summed E-state index contributed by atoms with van der Waals surface area (Å²) in [5.74, 6) is 0.919. The Bertz CT molecular complexity index is 412. The largest absolute Gasteiger partial charge is 0.508 e. The van der Waals surface area contributed by atoms with Crippen LogP contribution in [0.1, 0.15) is 31.2 Å². The SMILES string of the molecule is COc1ccc(CC2(N)CCC(N)CC2)c(O)c1. The number of phenolic OH excluding ortho intramolecular Hbond substituents is 1. The summed E-state index contributed by atoms with van der Waals surface area (Å²) in [4.78, 5) is 0. The first-order chi connectivity index (χ1) is 8.52. The molecule has 100 valence electrons. The van der Waals surface area contributed by atoms with E-state index in [0.717, 1.165) is 31.2 Å². The Morgan fingerprint density at radius 2 is 2.06 bits per heavy atom. The molecule has 5 N–H and O–H groups in total. The monoisotopic (exact) mass is 250 g/mol. The quantitative estimate of drug-likeness (QED) is 0.760. The Kier molecular flexibility index (Phi) is 3.78. The predicted molar refractivity (Wildman–Crippen MR) is 71.7 cm³/mol. The summed E-state index contributed by atoms with van der Waals surface area (Å²) in [5, 5.41) is 9.96. The van der Waals surface area contributed by atoms with E-state index >= 15 is 0 Å². The Balaban J connectivity index is 2.09. The van der Waals surface area contributed by atoms with Gasteiger partial charge in [0.1, 0.15) is 11.5 Å². The zero-order valence-corrected chi connectivity index (χ0v) is 10.9. The number of phenols is 1. The van der Waals surface area contributed by atoms with Crippen molar-refractivity contribution in [2.24, 2.45) is 11.5 Å². The van der Waals surface area contributed by atoms with Gasteiger partial charge < -0.3 is 21.3 Å². The van der Waals surface area contributed by atoms with E-state index in [1.807, 2.05) is 12.1 Å². The third-order valence-electron chi connectivity index (χ3n) is 3.86. The Labute approximate surface area is 108 Å². The van der Waals surface area contributed by atoms with Crippen LogP contribution in [-0.2, 0) is 6.42 Å². The molecule has 0 aromatic heterocycles. The standard InChI is InChI=1S/C14H22N2O2/c1-18-12-3-2-10(13(17)8-12)9-14(16)6-4-11(15)5-7-14/h2-3,8,11,17H,4-7,9,15-16H2,1H3. The van der Waals surface area contributed by atoms with Gasteiger partial charge in [0.15, 0.2) is 0 Å². The molecule has 1 fully saturated rings. The molecule has 1 aromatic rings. The van der Waals surface area contributed by atoms with Crippen molar-refractivity contribution < 1.29 is 9.84 Å². The molecule has 1 saturated carbocycles. The van der Waals surface area contributed by atoms with Crippen LogP contribution in [0, 0.1) is 0 Å². The highest BCUT2D eigenvalue weighted by Crippen LogP contribution is 2.32. The van der Waals surface area contributed by atoms with Crippen LogP contribution in [0.3, 0.4) is 0 Å². The molecule has 0 bridgehead atoms. The van der Waals surface area contributed by atoms with Gasteiger partial charge in [-0.2, -0.15) is 0 Å². The molecule has 0 radical (unpaired) electrons. The van der Waals surface area contributed by atoms with Gasteiger partial charge in [0.2, 0.25) is 0 Å². The van der Waals surface area contributed by atoms with Crippen LogP contribution in [0.4, 0.5) is 0 Å². The molecule has 2 rings (SSSR count). The van der Waals surface area contributed by atoms with Gasteiger partial charge in [-0.25, -0.2) is 0 Å². The predicted octanol–water partition coefficient (Wildman–Crippen LogP) is 1.54. The van der Waals surface area contributed by atoms with Crippen molar-refractivity contribution in [1.82, 2.24) is 0 Å². The summed E-state index contributed by atoms with van der Waals surface area (Å²) in [6, 6.07) is 5.66. The molecular formula is C14H22N2O2. The second-order valence-electron chi connectivity index (χ2n) is 5.37. The third kappa shape index (κ3) is 2.94. The molecule has 0 unspecified atom stereocenters. The molecule has 0 heterocycles.